The molecule has 0 bridgehead atoms. The van der Waals surface area contributed by atoms with Crippen LogP contribution in [0.1, 0.15) is 22.3 Å². The molecule has 2 aromatic carbocycles. The van der Waals surface area contributed by atoms with E-state index in [0.717, 1.165) is 22.1 Å². The first-order valence-electron chi connectivity index (χ1n) is 7.55. The number of hydrogen-bond acceptors (Lipinski definition) is 2. The maximum atomic E-state index is 12.3. The molecule has 3 nitrogen and oxygen atoms in total. The first-order chi connectivity index (χ1) is 10.7. The van der Waals surface area contributed by atoms with Crippen molar-refractivity contribution in [2.75, 3.05) is 18.6 Å². The third-order valence-electron chi connectivity index (χ3n) is 3.96. The van der Waals surface area contributed by atoms with E-state index in [1.807, 2.05) is 38.1 Å². The predicted molar refractivity (Wildman–Crippen MR) is 97.9 cm³/mol. The van der Waals surface area contributed by atoms with E-state index >= 15 is 0 Å². The van der Waals surface area contributed by atoms with Crippen molar-refractivity contribution in [3.8, 4) is 0 Å². The van der Waals surface area contributed by atoms with Gasteiger partial charge in [0.2, 0.25) is 0 Å². The third kappa shape index (κ3) is 3.16. The Labute approximate surface area is 136 Å². The van der Waals surface area contributed by atoms with Gasteiger partial charge in [-0.15, -0.1) is 0 Å². The smallest absolute Gasteiger partial charge is 0.256 e. The van der Waals surface area contributed by atoms with Crippen molar-refractivity contribution >= 4 is 35.7 Å². The Kier molecular flexibility index (Phi) is 3.77. The normalized spacial score (nSPS) is 15.7. The molecule has 0 spiro atoms. The van der Waals surface area contributed by atoms with Gasteiger partial charge >= 0.3 is 0 Å². The monoisotopic (exact) mass is 325 g/mol. The summed E-state index contributed by atoms with van der Waals surface area (Å²) in [6, 6.07) is 11.8. The molecule has 23 heavy (non-hydrogen) atoms. The van der Waals surface area contributed by atoms with Crippen molar-refractivity contribution in [1.29, 1.82) is 0 Å². The lowest BCUT2D eigenvalue weighted by molar-refractivity contribution is -0.110. The van der Waals surface area contributed by atoms with Gasteiger partial charge in [-0.05, 0) is 44.9 Å². The van der Waals surface area contributed by atoms with Gasteiger partial charge in [0.1, 0.15) is 7.14 Å². The predicted octanol–water partition coefficient (Wildman–Crippen LogP) is 4.04. The molecule has 2 aromatic rings. The van der Waals surface area contributed by atoms with E-state index in [1.54, 1.807) is 13.3 Å². The van der Waals surface area contributed by atoms with Crippen molar-refractivity contribution < 1.29 is 9.36 Å². The number of anilines is 1. The summed E-state index contributed by atoms with van der Waals surface area (Å²) in [5.74, 6) is -0.113. The second-order valence-corrected chi connectivity index (χ2v) is 9.73. The Morgan fingerprint density at radius 3 is 2.26 bits per heavy atom. The zero-order chi connectivity index (χ0) is 16.8. The molecular weight excluding hydrogens is 305 g/mol. The Morgan fingerprint density at radius 2 is 1.65 bits per heavy atom. The zero-order valence-electron chi connectivity index (χ0n) is 13.8. The summed E-state index contributed by atoms with van der Waals surface area (Å²) in [7, 11) is -2.34. The highest BCUT2D eigenvalue weighted by atomic mass is 31.2. The fourth-order valence-electron chi connectivity index (χ4n) is 2.92. The van der Waals surface area contributed by atoms with Crippen LogP contribution in [0.3, 0.4) is 0 Å². The van der Waals surface area contributed by atoms with Crippen LogP contribution in [-0.4, -0.2) is 19.2 Å². The molecule has 1 amide bonds. The molecule has 0 saturated carbocycles. The van der Waals surface area contributed by atoms with Crippen LogP contribution in [0.2, 0.25) is 0 Å². The molecule has 3 rings (SSSR count). The maximum Gasteiger partial charge on any atom is 0.256 e. The second-order valence-electron chi connectivity index (χ2n) is 6.51. The molecule has 0 saturated heterocycles. The number of carbonyl (C=O) groups is 1. The van der Waals surface area contributed by atoms with Crippen LogP contribution in [0.15, 0.2) is 36.4 Å². The summed E-state index contributed by atoms with van der Waals surface area (Å²) in [6.45, 7) is 7.56. The SMILES string of the molecule is Cc1cc(C)cc(C=C2C(=O)Nc3cc(P(C)(C)=O)ccc32)c1. The largest absolute Gasteiger partial charge is 0.321 e. The molecule has 118 valence electrons. The lowest BCUT2D eigenvalue weighted by Crippen LogP contribution is -2.06. The highest BCUT2D eigenvalue weighted by Gasteiger charge is 2.25. The van der Waals surface area contributed by atoms with E-state index in [-0.39, 0.29) is 5.91 Å². The molecule has 0 aromatic heterocycles. The number of aryl methyl sites for hydroxylation is 2. The van der Waals surface area contributed by atoms with Crippen LogP contribution in [0.4, 0.5) is 5.69 Å². The minimum Gasteiger partial charge on any atom is -0.321 e. The minimum atomic E-state index is -2.34. The van der Waals surface area contributed by atoms with E-state index in [1.165, 1.54) is 11.1 Å². The zero-order valence-corrected chi connectivity index (χ0v) is 14.7. The summed E-state index contributed by atoms with van der Waals surface area (Å²) in [5.41, 5.74) is 5.62. The van der Waals surface area contributed by atoms with Gasteiger partial charge in [0.15, 0.2) is 0 Å². The molecule has 0 aliphatic carbocycles. The maximum absolute atomic E-state index is 12.3. The number of benzene rings is 2. The fourth-order valence-corrected chi connectivity index (χ4v) is 3.79. The van der Waals surface area contributed by atoms with E-state index in [0.29, 0.717) is 5.57 Å². The van der Waals surface area contributed by atoms with Gasteiger partial charge in [-0.1, -0.05) is 41.5 Å². The summed E-state index contributed by atoms with van der Waals surface area (Å²) < 4.78 is 12.2. The van der Waals surface area contributed by atoms with Crippen LogP contribution in [-0.2, 0) is 9.36 Å². The number of amides is 1. The van der Waals surface area contributed by atoms with Crippen LogP contribution in [0.25, 0.3) is 11.6 Å². The van der Waals surface area contributed by atoms with E-state index in [4.69, 9.17) is 0 Å². The van der Waals surface area contributed by atoms with Crippen LogP contribution in [0, 0.1) is 13.8 Å². The minimum absolute atomic E-state index is 0.113. The first kappa shape index (κ1) is 15.8. The summed E-state index contributed by atoms with van der Waals surface area (Å²) in [5, 5.41) is 3.66. The number of carbonyl (C=O) groups excluding carboxylic acids is 1. The van der Waals surface area contributed by atoms with Gasteiger partial charge in [-0.2, -0.15) is 0 Å². The number of nitrogens with one attached hydrogen (secondary N) is 1. The van der Waals surface area contributed by atoms with E-state index < -0.39 is 7.14 Å². The molecule has 4 heteroatoms. The molecular formula is C19H20NO2P. The van der Waals surface area contributed by atoms with Gasteiger partial charge in [-0.3, -0.25) is 4.79 Å². The number of hydrogen-bond donors (Lipinski definition) is 1. The van der Waals surface area contributed by atoms with Crippen LogP contribution >= 0.6 is 7.14 Å². The van der Waals surface area contributed by atoms with Crippen LogP contribution in [0.5, 0.6) is 0 Å². The Morgan fingerprint density at radius 1 is 1.00 bits per heavy atom. The quantitative estimate of drug-likeness (QED) is 0.669. The number of rotatable bonds is 2. The average Bonchev–Trinajstić information content (AvgIpc) is 2.72. The summed E-state index contributed by atoms with van der Waals surface area (Å²) in [6.07, 6.45) is 1.92. The van der Waals surface area contributed by atoms with Crippen molar-refractivity contribution in [3.05, 3.63) is 58.7 Å². The van der Waals surface area contributed by atoms with Gasteiger partial charge in [-0.25, -0.2) is 0 Å². The standard InChI is InChI=1S/C19H20NO2P/c1-12-7-13(2)9-14(8-12)10-17-16-6-5-15(23(3,4)22)11-18(16)20-19(17)21/h5-11H,1-4H3,(H,20,21). The molecule has 1 N–H and O–H groups in total. The van der Waals surface area contributed by atoms with Crippen LogP contribution < -0.4 is 10.6 Å². The second kappa shape index (κ2) is 5.50. The molecule has 0 unspecified atom stereocenters. The molecule has 0 fully saturated rings. The topological polar surface area (TPSA) is 46.2 Å². The third-order valence-corrected chi connectivity index (χ3v) is 5.48. The lowest BCUT2D eigenvalue weighted by Gasteiger charge is -2.08. The van der Waals surface area contributed by atoms with Crippen molar-refractivity contribution in [3.63, 3.8) is 0 Å². The highest BCUT2D eigenvalue weighted by Crippen LogP contribution is 2.39. The highest BCUT2D eigenvalue weighted by molar-refractivity contribution is 7.70. The lowest BCUT2D eigenvalue weighted by atomic mass is 10.0. The summed E-state index contributed by atoms with van der Waals surface area (Å²) in [4.78, 5) is 12.3. The van der Waals surface area contributed by atoms with Crippen molar-refractivity contribution in [2.24, 2.45) is 0 Å². The molecule has 1 heterocycles. The van der Waals surface area contributed by atoms with Gasteiger partial charge in [0, 0.05) is 22.1 Å². The van der Waals surface area contributed by atoms with Gasteiger partial charge in [0.05, 0.1) is 0 Å². The van der Waals surface area contributed by atoms with E-state index in [2.05, 4.69) is 23.5 Å². The molecule has 0 radical (unpaired) electrons. The summed E-state index contributed by atoms with van der Waals surface area (Å²) >= 11 is 0. The fraction of sp³-hybridized carbons (Fsp3) is 0.211. The number of fused-ring (bicyclic) bond motifs is 1. The van der Waals surface area contributed by atoms with Gasteiger partial charge < -0.3 is 9.88 Å². The Balaban J connectivity index is 2.08. The van der Waals surface area contributed by atoms with Gasteiger partial charge in [0.25, 0.3) is 5.91 Å². The Bertz CT molecular complexity index is 870. The molecule has 1 aliphatic heterocycles. The first-order valence-corrected chi connectivity index (χ1v) is 10.2. The van der Waals surface area contributed by atoms with E-state index in [9.17, 15) is 9.36 Å². The Hall–Kier alpha value is -2.12. The molecule has 0 atom stereocenters. The molecule has 1 aliphatic rings. The van der Waals surface area contributed by atoms with Crippen molar-refractivity contribution in [2.45, 2.75) is 13.8 Å². The van der Waals surface area contributed by atoms with Crippen molar-refractivity contribution in [1.82, 2.24) is 0 Å². The average molecular weight is 325 g/mol.